The van der Waals surface area contributed by atoms with E-state index in [0.717, 1.165) is 0 Å². The van der Waals surface area contributed by atoms with E-state index in [1.165, 1.54) is 20.3 Å². The van der Waals surface area contributed by atoms with Crippen LogP contribution in [0.2, 0.25) is 0 Å². The second-order valence-electron chi connectivity index (χ2n) is 2.25. The molecule has 1 rings (SSSR count). The maximum absolute atomic E-state index is 10.7. The molecular weight excluding hydrogens is 215 g/mol. The Labute approximate surface area is 107 Å². The number of methoxy groups -OCH3 is 2. The van der Waals surface area contributed by atoms with Crippen molar-refractivity contribution in [3.63, 3.8) is 0 Å². The van der Waals surface area contributed by atoms with E-state index in [9.17, 15) is 8.76 Å². The van der Waals surface area contributed by atoms with Gasteiger partial charge in [-0.25, -0.2) is 0 Å². The third kappa shape index (κ3) is 3.25. The van der Waals surface area contributed by atoms with E-state index in [1.54, 1.807) is 12.1 Å². The molecule has 0 bridgehead atoms. The predicted molar refractivity (Wildman–Crippen MR) is 46.7 cm³/mol. The molecule has 6 heteroatoms. The Morgan fingerprint density at radius 2 is 1.93 bits per heavy atom. The molecule has 1 unspecified atom stereocenters. The summed E-state index contributed by atoms with van der Waals surface area (Å²) in [4.78, 5) is 0.0989. The Hall–Kier alpha value is -0.0700. The molecule has 1 aromatic rings. The van der Waals surface area contributed by atoms with E-state index in [-0.39, 0.29) is 34.5 Å². The van der Waals surface area contributed by atoms with Crippen molar-refractivity contribution in [1.82, 2.24) is 0 Å². The van der Waals surface area contributed by atoms with Crippen LogP contribution in [0, 0.1) is 0 Å². The number of rotatable bonds is 3. The molecular formula is C8H9NaO4S. The Balaban J connectivity index is 0.00000169. The molecule has 0 radical (unpaired) electrons. The van der Waals surface area contributed by atoms with Gasteiger partial charge in [0.05, 0.1) is 19.1 Å². The fourth-order valence-corrected chi connectivity index (χ4v) is 1.44. The minimum Gasteiger partial charge on any atom is -0.768 e. The molecule has 0 spiro atoms. The summed E-state index contributed by atoms with van der Waals surface area (Å²) in [5.74, 6) is 0.800. The topological polar surface area (TPSA) is 58.6 Å². The summed E-state index contributed by atoms with van der Waals surface area (Å²) >= 11 is -2.31. The number of hydrogen-bond donors (Lipinski definition) is 0. The molecule has 0 aliphatic rings. The Morgan fingerprint density at radius 3 is 2.36 bits per heavy atom. The van der Waals surface area contributed by atoms with E-state index < -0.39 is 11.1 Å². The second-order valence-corrected chi connectivity index (χ2v) is 3.16. The van der Waals surface area contributed by atoms with Gasteiger partial charge in [0.25, 0.3) is 0 Å². The Morgan fingerprint density at radius 1 is 1.29 bits per heavy atom. The van der Waals surface area contributed by atoms with E-state index in [2.05, 4.69) is 0 Å². The molecule has 4 nitrogen and oxygen atoms in total. The molecule has 0 heterocycles. The molecule has 0 N–H and O–H groups in total. The Bertz CT molecular complexity index is 329. The summed E-state index contributed by atoms with van der Waals surface area (Å²) < 4.78 is 31.2. The second kappa shape index (κ2) is 6.42. The van der Waals surface area contributed by atoms with Gasteiger partial charge in [-0.1, -0.05) is 0 Å². The molecule has 0 fully saturated rings. The van der Waals surface area contributed by atoms with Crippen LogP contribution in [0.4, 0.5) is 0 Å². The first kappa shape index (κ1) is 13.9. The van der Waals surface area contributed by atoms with Crippen LogP contribution >= 0.6 is 0 Å². The zero-order valence-corrected chi connectivity index (χ0v) is 11.1. The van der Waals surface area contributed by atoms with Crippen molar-refractivity contribution in [3.8, 4) is 11.5 Å². The van der Waals surface area contributed by atoms with Crippen LogP contribution in [-0.2, 0) is 11.1 Å². The first-order valence-electron chi connectivity index (χ1n) is 3.50. The van der Waals surface area contributed by atoms with Gasteiger partial charge >= 0.3 is 29.6 Å². The summed E-state index contributed by atoms with van der Waals surface area (Å²) in [6.45, 7) is 0. The van der Waals surface area contributed by atoms with Crippen molar-refractivity contribution in [2.24, 2.45) is 0 Å². The molecule has 0 aliphatic heterocycles. The average molecular weight is 224 g/mol. The van der Waals surface area contributed by atoms with Gasteiger partial charge in [0.1, 0.15) is 11.5 Å². The van der Waals surface area contributed by atoms with Gasteiger partial charge in [0, 0.05) is 0 Å². The van der Waals surface area contributed by atoms with Crippen molar-refractivity contribution in [3.05, 3.63) is 18.2 Å². The number of benzene rings is 1. The van der Waals surface area contributed by atoms with Crippen molar-refractivity contribution in [1.29, 1.82) is 0 Å². The minimum atomic E-state index is -2.31. The predicted octanol–water partition coefficient (Wildman–Crippen LogP) is -2.05. The van der Waals surface area contributed by atoms with Gasteiger partial charge in [-0.05, 0) is 29.3 Å². The molecule has 72 valence electrons. The van der Waals surface area contributed by atoms with Gasteiger partial charge in [0.15, 0.2) is 0 Å². The average Bonchev–Trinajstić information content (AvgIpc) is 2.16. The van der Waals surface area contributed by atoms with Crippen molar-refractivity contribution in [2.75, 3.05) is 14.2 Å². The van der Waals surface area contributed by atoms with Gasteiger partial charge in [-0.3, -0.25) is 4.21 Å². The summed E-state index contributed by atoms with van der Waals surface area (Å²) in [6, 6.07) is 4.58. The smallest absolute Gasteiger partial charge is 0.768 e. The Kier molecular flexibility index (Phi) is 6.39. The molecule has 0 amide bonds. The fraction of sp³-hybridized carbons (Fsp3) is 0.250. The normalized spacial score (nSPS) is 11.4. The first-order valence-corrected chi connectivity index (χ1v) is 4.58. The fourth-order valence-electron chi connectivity index (χ4n) is 0.914. The van der Waals surface area contributed by atoms with E-state index in [1.807, 2.05) is 0 Å². The van der Waals surface area contributed by atoms with Crippen LogP contribution in [0.25, 0.3) is 0 Å². The summed E-state index contributed by atoms with van der Waals surface area (Å²) in [5, 5.41) is 0. The molecule has 0 aromatic heterocycles. The van der Waals surface area contributed by atoms with Crippen LogP contribution < -0.4 is 39.0 Å². The number of ether oxygens (including phenoxy) is 2. The molecule has 0 aliphatic carbocycles. The molecule has 0 saturated carbocycles. The summed E-state index contributed by atoms with van der Waals surface area (Å²) in [6.07, 6.45) is 0. The quantitative estimate of drug-likeness (QED) is 0.438. The van der Waals surface area contributed by atoms with Crippen molar-refractivity contribution in [2.45, 2.75) is 4.90 Å². The van der Waals surface area contributed by atoms with Gasteiger partial charge in [-0.2, -0.15) is 0 Å². The molecule has 1 aromatic carbocycles. The van der Waals surface area contributed by atoms with Crippen molar-refractivity contribution < 1.29 is 47.8 Å². The van der Waals surface area contributed by atoms with Gasteiger partial charge in [-0.15, -0.1) is 0 Å². The largest absolute Gasteiger partial charge is 1.00 e. The third-order valence-corrected chi connectivity index (χ3v) is 2.23. The minimum absolute atomic E-state index is 0. The summed E-state index contributed by atoms with van der Waals surface area (Å²) in [7, 11) is 2.89. The molecule has 14 heavy (non-hydrogen) atoms. The van der Waals surface area contributed by atoms with Crippen LogP contribution in [0.3, 0.4) is 0 Å². The van der Waals surface area contributed by atoms with Gasteiger partial charge < -0.3 is 14.0 Å². The number of hydrogen-bond acceptors (Lipinski definition) is 4. The van der Waals surface area contributed by atoms with E-state index in [4.69, 9.17) is 9.47 Å². The van der Waals surface area contributed by atoms with Crippen LogP contribution in [0.5, 0.6) is 11.5 Å². The monoisotopic (exact) mass is 224 g/mol. The molecule has 1 atom stereocenters. The van der Waals surface area contributed by atoms with Crippen LogP contribution in [0.15, 0.2) is 23.1 Å². The van der Waals surface area contributed by atoms with E-state index in [0.29, 0.717) is 11.5 Å². The third-order valence-electron chi connectivity index (χ3n) is 1.55. The van der Waals surface area contributed by atoms with Gasteiger partial charge in [0.2, 0.25) is 0 Å². The van der Waals surface area contributed by atoms with E-state index >= 15 is 0 Å². The zero-order valence-electron chi connectivity index (χ0n) is 8.27. The molecule has 0 saturated heterocycles. The standard InChI is InChI=1S/C8H10O4S.Na/c1-11-6-3-4-7(12-2)8(5-6)13(9)10;/h3-5H,1-2H3,(H,9,10);/q;+1/p-1. The summed E-state index contributed by atoms with van der Waals surface area (Å²) in [5.41, 5.74) is 0. The first-order chi connectivity index (χ1) is 6.19. The SMILES string of the molecule is COc1ccc(OC)c(S(=O)[O-])c1.[Na+]. The maximum Gasteiger partial charge on any atom is 1.00 e. The van der Waals surface area contributed by atoms with Crippen LogP contribution in [0.1, 0.15) is 0 Å². The van der Waals surface area contributed by atoms with Crippen LogP contribution in [-0.4, -0.2) is 23.0 Å². The maximum atomic E-state index is 10.7. The zero-order chi connectivity index (χ0) is 9.84. The van der Waals surface area contributed by atoms with Crippen molar-refractivity contribution >= 4 is 11.1 Å².